The molecule has 214 valence electrons. The van der Waals surface area contributed by atoms with Crippen molar-refractivity contribution in [2.45, 2.75) is 44.7 Å². The molecule has 0 heterocycles. The van der Waals surface area contributed by atoms with E-state index in [0.29, 0.717) is 28.6 Å². The first-order valence-corrected chi connectivity index (χ1v) is 15.4. The van der Waals surface area contributed by atoms with Gasteiger partial charge in [0.25, 0.3) is 10.0 Å². The summed E-state index contributed by atoms with van der Waals surface area (Å²) in [6.45, 7) is 5.58. The third-order valence-corrected chi connectivity index (χ3v) is 8.97. The van der Waals surface area contributed by atoms with Crippen molar-refractivity contribution in [2.24, 2.45) is 5.92 Å². The molecule has 0 spiro atoms. The van der Waals surface area contributed by atoms with Crippen molar-refractivity contribution in [1.82, 2.24) is 10.2 Å². The Hall–Kier alpha value is -2.78. The SMILES string of the molecule is CCC(C(=O)NCC(C)C)N(Cc1ccc(Cl)c(Cl)c1)C(=O)CN(c1ccccc1Cl)S(=O)(=O)c1ccccc1. The number of rotatable bonds is 12. The molecule has 1 atom stereocenters. The van der Waals surface area contributed by atoms with Crippen LogP contribution in [0.15, 0.2) is 77.7 Å². The predicted molar refractivity (Wildman–Crippen MR) is 161 cm³/mol. The maximum atomic E-state index is 14.1. The molecule has 3 aromatic rings. The lowest BCUT2D eigenvalue weighted by atomic mass is 10.1. The average molecular weight is 625 g/mol. The van der Waals surface area contributed by atoms with Crippen molar-refractivity contribution in [3.63, 3.8) is 0 Å². The molecule has 0 bridgehead atoms. The fourth-order valence-electron chi connectivity index (χ4n) is 4.06. The predicted octanol–water partition coefficient (Wildman–Crippen LogP) is 6.42. The van der Waals surface area contributed by atoms with Crippen LogP contribution in [0.25, 0.3) is 0 Å². The monoisotopic (exact) mass is 623 g/mol. The van der Waals surface area contributed by atoms with Gasteiger partial charge in [0.1, 0.15) is 12.6 Å². The van der Waals surface area contributed by atoms with Crippen LogP contribution in [0, 0.1) is 5.92 Å². The van der Waals surface area contributed by atoms with Gasteiger partial charge >= 0.3 is 0 Å². The largest absolute Gasteiger partial charge is 0.354 e. The van der Waals surface area contributed by atoms with Gasteiger partial charge in [-0.2, -0.15) is 0 Å². The number of anilines is 1. The van der Waals surface area contributed by atoms with E-state index in [1.54, 1.807) is 61.5 Å². The molecule has 0 aliphatic heterocycles. The van der Waals surface area contributed by atoms with Crippen LogP contribution >= 0.6 is 34.8 Å². The minimum Gasteiger partial charge on any atom is -0.354 e. The standard InChI is InChI=1S/C29H32Cl3N3O4S/c1-4-26(29(37)33-17-20(2)3)34(18-21-14-15-23(30)25(32)16-21)28(36)19-35(27-13-9-8-12-24(27)31)40(38,39)22-10-6-5-7-11-22/h5-16,20,26H,4,17-19H2,1-3H3,(H,33,37). The molecule has 3 rings (SSSR count). The van der Waals surface area contributed by atoms with Crippen LogP contribution in [0.1, 0.15) is 32.8 Å². The molecule has 1 unspecified atom stereocenters. The highest BCUT2D eigenvalue weighted by atomic mass is 35.5. The minimum absolute atomic E-state index is 0.000436. The molecule has 0 aliphatic rings. The molecule has 7 nitrogen and oxygen atoms in total. The number of hydrogen-bond donors (Lipinski definition) is 1. The lowest BCUT2D eigenvalue weighted by Gasteiger charge is -2.33. The van der Waals surface area contributed by atoms with E-state index >= 15 is 0 Å². The number of carbonyl (C=O) groups excluding carboxylic acids is 2. The summed E-state index contributed by atoms with van der Waals surface area (Å²) < 4.78 is 28.6. The second kappa shape index (κ2) is 14.2. The normalized spacial score (nSPS) is 12.2. The highest BCUT2D eigenvalue weighted by Crippen LogP contribution is 2.31. The second-order valence-electron chi connectivity index (χ2n) is 9.61. The maximum Gasteiger partial charge on any atom is 0.264 e. The van der Waals surface area contributed by atoms with Crippen LogP contribution in [-0.4, -0.2) is 44.3 Å². The van der Waals surface area contributed by atoms with Crippen molar-refractivity contribution < 1.29 is 18.0 Å². The number of halogens is 3. The Labute approximate surface area is 251 Å². The van der Waals surface area contributed by atoms with E-state index in [9.17, 15) is 18.0 Å². The molecule has 2 amide bonds. The van der Waals surface area contributed by atoms with Gasteiger partial charge in [0, 0.05) is 13.1 Å². The molecule has 11 heteroatoms. The number of sulfonamides is 1. The fourth-order valence-corrected chi connectivity index (χ4v) is 6.13. The second-order valence-corrected chi connectivity index (χ2v) is 12.7. The third-order valence-electron chi connectivity index (χ3n) is 6.14. The zero-order chi connectivity index (χ0) is 29.4. The molecular weight excluding hydrogens is 593 g/mol. The molecule has 40 heavy (non-hydrogen) atoms. The van der Waals surface area contributed by atoms with Crippen LogP contribution in [0.4, 0.5) is 5.69 Å². The van der Waals surface area contributed by atoms with Gasteiger partial charge in [-0.05, 0) is 54.3 Å². The van der Waals surface area contributed by atoms with Gasteiger partial charge in [-0.1, -0.05) is 92.0 Å². The van der Waals surface area contributed by atoms with Crippen molar-refractivity contribution in [3.8, 4) is 0 Å². The third kappa shape index (κ3) is 7.91. The average Bonchev–Trinajstić information content (AvgIpc) is 2.93. The Morgan fingerprint density at radius 1 is 0.875 bits per heavy atom. The zero-order valence-corrected chi connectivity index (χ0v) is 25.6. The van der Waals surface area contributed by atoms with E-state index in [-0.39, 0.29) is 34.0 Å². The van der Waals surface area contributed by atoms with Crippen molar-refractivity contribution in [2.75, 3.05) is 17.4 Å². The van der Waals surface area contributed by atoms with Gasteiger partial charge in [-0.3, -0.25) is 13.9 Å². The van der Waals surface area contributed by atoms with E-state index in [0.717, 1.165) is 4.31 Å². The molecule has 0 fully saturated rings. The molecule has 0 aromatic heterocycles. The molecule has 0 saturated carbocycles. The van der Waals surface area contributed by atoms with E-state index in [1.165, 1.54) is 23.1 Å². The molecule has 0 saturated heterocycles. The summed E-state index contributed by atoms with van der Waals surface area (Å²) in [5.41, 5.74) is 0.779. The smallest absolute Gasteiger partial charge is 0.264 e. The summed E-state index contributed by atoms with van der Waals surface area (Å²) in [6.07, 6.45) is 0.300. The van der Waals surface area contributed by atoms with Crippen molar-refractivity contribution in [3.05, 3.63) is 93.4 Å². The molecule has 0 radical (unpaired) electrons. The summed E-state index contributed by atoms with van der Waals surface area (Å²) in [6, 6.07) is 18.3. The fraction of sp³-hybridized carbons (Fsp3) is 0.310. The van der Waals surface area contributed by atoms with Gasteiger partial charge in [0.05, 0.1) is 25.7 Å². The number of nitrogens with one attached hydrogen (secondary N) is 1. The van der Waals surface area contributed by atoms with Crippen LogP contribution in [0.3, 0.4) is 0 Å². The number of benzene rings is 3. The van der Waals surface area contributed by atoms with E-state index in [2.05, 4.69) is 5.32 Å². The summed E-state index contributed by atoms with van der Waals surface area (Å²) in [7, 11) is -4.20. The van der Waals surface area contributed by atoms with Gasteiger partial charge in [-0.25, -0.2) is 8.42 Å². The van der Waals surface area contributed by atoms with Crippen molar-refractivity contribution in [1.29, 1.82) is 0 Å². The lowest BCUT2D eigenvalue weighted by Crippen LogP contribution is -2.52. The Kier molecular flexibility index (Phi) is 11.3. The van der Waals surface area contributed by atoms with E-state index in [4.69, 9.17) is 34.8 Å². The van der Waals surface area contributed by atoms with Crippen LogP contribution in [0.5, 0.6) is 0 Å². The summed E-state index contributed by atoms with van der Waals surface area (Å²) in [4.78, 5) is 28.7. The van der Waals surface area contributed by atoms with Crippen LogP contribution < -0.4 is 9.62 Å². The summed E-state index contributed by atoms with van der Waals surface area (Å²) in [5.74, 6) is -0.718. The Balaban J connectivity index is 2.06. The first kappa shape index (κ1) is 31.7. The quantitative estimate of drug-likeness (QED) is 0.252. The van der Waals surface area contributed by atoms with Gasteiger partial charge in [0.2, 0.25) is 11.8 Å². The number of carbonyl (C=O) groups is 2. The lowest BCUT2D eigenvalue weighted by molar-refractivity contribution is -0.140. The number of amides is 2. The molecule has 1 N–H and O–H groups in total. The van der Waals surface area contributed by atoms with E-state index < -0.39 is 28.5 Å². The highest BCUT2D eigenvalue weighted by molar-refractivity contribution is 7.92. The van der Waals surface area contributed by atoms with Crippen molar-refractivity contribution >= 4 is 62.3 Å². The first-order chi connectivity index (χ1) is 18.9. The van der Waals surface area contributed by atoms with Gasteiger partial charge in [-0.15, -0.1) is 0 Å². The molecular formula is C29H32Cl3N3O4S. The zero-order valence-electron chi connectivity index (χ0n) is 22.5. The number of hydrogen-bond acceptors (Lipinski definition) is 4. The van der Waals surface area contributed by atoms with Crippen LogP contribution in [0.2, 0.25) is 15.1 Å². The Bertz CT molecular complexity index is 1440. The Morgan fingerprint density at radius 3 is 2.12 bits per heavy atom. The van der Waals surface area contributed by atoms with E-state index in [1.807, 2.05) is 13.8 Å². The van der Waals surface area contributed by atoms with Gasteiger partial charge < -0.3 is 10.2 Å². The highest BCUT2D eigenvalue weighted by Gasteiger charge is 2.34. The summed E-state index contributed by atoms with van der Waals surface area (Å²) >= 11 is 18.7. The Morgan fingerprint density at radius 2 is 1.52 bits per heavy atom. The summed E-state index contributed by atoms with van der Waals surface area (Å²) in [5, 5.41) is 3.70. The number of nitrogens with zero attached hydrogens (tertiary/aromatic N) is 2. The first-order valence-electron chi connectivity index (χ1n) is 12.8. The topological polar surface area (TPSA) is 86.8 Å². The molecule has 3 aromatic carbocycles. The van der Waals surface area contributed by atoms with Crippen LogP contribution in [-0.2, 0) is 26.2 Å². The maximum absolute atomic E-state index is 14.1. The van der Waals surface area contributed by atoms with Gasteiger partial charge in [0.15, 0.2) is 0 Å². The molecule has 0 aliphatic carbocycles. The number of para-hydroxylation sites is 1. The minimum atomic E-state index is -4.20.